The standard InChI is InChI=1S/C17H18N2O2/c1-3-13(2)14-7-9-15(10-8-14)19-17(20)21-12-16-6-4-5-11-18-16/h4-11H,2-3,12H2,1H3,(H,19,20). The lowest BCUT2D eigenvalue weighted by Gasteiger charge is -2.08. The van der Waals surface area contributed by atoms with E-state index >= 15 is 0 Å². The number of ether oxygens (including phenoxy) is 1. The molecule has 2 rings (SSSR count). The largest absolute Gasteiger partial charge is 0.443 e. The normalized spacial score (nSPS) is 9.95. The number of hydrogen-bond donors (Lipinski definition) is 1. The van der Waals surface area contributed by atoms with Crippen LogP contribution in [-0.2, 0) is 11.3 Å². The Kier molecular flexibility index (Phi) is 5.10. The molecule has 0 fully saturated rings. The highest BCUT2D eigenvalue weighted by molar-refractivity contribution is 5.84. The van der Waals surface area contributed by atoms with E-state index in [1.165, 1.54) is 0 Å². The van der Waals surface area contributed by atoms with E-state index < -0.39 is 6.09 Å². The summed E-state index contributed by atoms with van der Waals surface area (Å²) in [5, 5.41) is 2.68. The Bertz CT molecular complexity index is 606. The summed E-state index contributed by atoms with van der Waals surface area (Å²) in [4.78, 5) is 15.8. The predicted molar refractivity (Wildman–Crippen MR) is 83.8 cm³/mol. The second kappa shape index (κ2) is 7.24. The number of carbonyl (C=O) groups is 1. The number of nitrogens with zero attached hydrogens (tertiary/aromatic N) is 1. The summed E-state index contributed by atoms with van der Waals surface area (Å²) in [6.07, 6.45) is 2.07. The van der Waals surface area contributed by atoms with Crippen LogP contribution in [0, 0.1) is 0 Å². The van der Waals surface area contributed by atoms with Crippen LogP contribution in [0.1, 0.15) is 24.6 Å². The fourth-order valence-electron chi connectivity index (χ4n) is 1.77. The molecular formula is C17H18N2O2. The Morgan fingerprint density at radius 1 is 1.24 bits per heavy atom. The monoisotopic (exact) mass is 282 g/mol. The molecule has 4 heteroatoms. The van der Waals surface area contributed by atoms with Crippen molar-refractivity contribution in [2.45, 2.75) is 20.0 Å². The SMILES string of the molecule is C=C(CC)c1ccc(NC(=O)OCc2ccccn2)cc1. The highest BCUT2D eigenvalue weighted by Crippen LogP contribution is 2.18. The van der Waals surface area contributed by atoms with Crippen LogP contribution in [0.25, 0.3) is 5.57 Å². The number of amides is 1. The number of aromatic nitrogens is 1. The molecule has 1 N–H and O–H groups in total. The summed E-state index contributed by atoms with van der Waals surface area (Å²) in [6, 6.07) is 13.0. The van der Waals surface area contributed by atoms with Gasteiger partial charge in [0.1, 0.15) is 6.61 Å². The molecule has 0 atom stereocenters. The van der Waals surface area contributed by atoms with Crippen LogP contribution in [0.2, 0.25) is 0 Å². The van der Waals surface area contributed by atoms with Gasteiger partial charge in [-0.05, 0) is 41.8 Å². The molecule has 1 amide bonds. The number of benzene rings is 1. The number of pyridine rings is 1. The third-order valence-electron chi connectivity index (χ3n) is 3.04. The highest BCUT2D eigenvalue weighted by Gasteiger charge is 2.04. The summed E-state index contributed by atoms with van der Waals surface area (Å²) in [6.45, 7) is 6.19. The molecule has 4 nitrogen and oxygen atoms in total. The Hall–Kier alpha value is -2.62. The smallest absolute Gasteiger partial charge is 0.412 e. The van der Waals surface area contributed by atoms with Crippen LogP contribution in [0.5, 0.6) is 0 Å². The third kappa shape index (κ3) is 4.45. The van der Waals surface area contributed by atoms with Gasteiger partial charge in [0.15, 0.2) is 0 Å². The Balaban J connectivity index is 1.86. The minimum atomic E-state index is -0.497. The molecule has 0 bridgehead atoms. The zero-order chi connectivity index (χ0) is 15.1. The van der Waals surface area contributed by atoms with E-state index in [4.69, 9.17) is 4.74 Å². The van der Waals surface area contributed by atoms with Gasteiger partial charge in [0, 0.05) is 11.9 Å². The number of anilines is 1. The van der Waals surface area contributed by atoms with Gasteiger partial charge in [-0.25, -0.2) is 4.79 Å². The summed E-state index contributed by atoms with van der Waals surface area (Å²) in [7, 11) is 0. The van der Waals surface area contributed by atoms with Gasteiger partial charge in [0.2, 0.25) is 0 Å². The van der Waals surface area contributed by atoms with Crippen molar-refractivity contribution in [1.82, 2.24) is 4.98 Å². The first-order chi connectivity index (χ1) is 10.2. The number of allylic oxidation sites excluding steroid dienone is 1. The molecule has 0 saturated heterocycles. The summed E-state index contributed by atoms with van der Waals surface area (Å²) in [5.74, 6) is 0. The minimum absolute atomic E-state index is 0.150. The first-order valence-electron chi connectivity index (χ1n) is 6.81. The third-order valence-corrected chi connectivity index (χ3v) is 3.04. The van der Waals surface area contributed by atoms with Crippen molar-refractivity contribution in [3.63, 3.8) is 0 Å². The molecular weight excluding hydrogens is 264 g/mol. The van der Waals surface area contributed by atoms with Crippen molar-refractivity contribution < 1.29 is 9.53 Å². The average molecular weight is 282 g/mol. The molecule has 21 heavy (non-hydrogen) atoms. The van der Waals surface area contributed by atoms with E-state index in [-0.39, 0.29) is 6.61 Å². The first kappa shape index (κ1) is 14.8. The van der Waals surface area contributed by atoms with Crippen molar-refractivity contribution in [2.75, 3.05) is 5.32 Å². The molecule has 0 aliphatic carbocycles. The van der Waals surface area contributed by atoms with Crippen LogP contribution < -0.4 is 5.32 Å². The number of hydrogen-bond acceptors (Lipinski definition) is 3. The van der Waals surface area contributed by atoms with Gasteiger partial charge in [-0.1, -0.05) is 31.7 Å². The molecule has 1 heterocycles. The van der Waals surface area contributed by atoms with Crippen LogP contribution in [0.3, 0.4) is 0 Å². The number of nitrogens with one attached hydrogen (secondary N) is 1. The Morgan fingerprint density at radius 3 is 2.62 bits per heavy atom. The number of carbonyl (C=O) groups excluding carboxylic acids is 1. The molecule has 0 aliphatic heterocycles. The average Bonchev–Trinajstić information content (AvgIpc) is 2.54. The maximum absolute atomic E-state index is 11.7. The fourth-order valence-corrected chi connectivity index (χ4v) is 1.77. The molecule has 1 aromatic heterocycles. The zero-order valence-electron chi connectivity index (χ0n) is 12.0. The van der Waals surface area contributed by atoms with E-state index in [2.05, 4.69) is 23.8 Å². The summed E-state index contributed by atoms with van der Waals surface area (Å²) < 4.78 is 5.10. The Labute approximate surface area is 124 Å². The molecule has 0 aliphatic rings. The lowest BCUT2D eigenvalue weighted by molar-refractivity contribution is 0.153. The van der Waals surface area contributed by atoms with Gasteiger partial charge in [-0.2, -0.15) is 0 Å². The minimum Gasteiger partial charge on any atom is -0.443 e. The van der Waals surface area contributed by atoms with Gasteiger partial charge in [-0.15, -0.1) is 0 Å². The lowest BCUT2D eigenvalue weighted by Crippen LogP contribution is -2.13. The van der Waals surface area contributed by atoms with Crippen molar-refractivity contribution >= 4 is 17.4 Å². The van der Waals surface area contributed by atoms with E-state index in [1.807, 2.05) is 36.4 Å². The van der Waals surface area contributed by atoms with Crippen LogP contribution >= 0.6 is 0 Å². The first-order valence-corrected chi connectivity index (χ1v) is 6.81. The van der Waals surface area contributed by atoms with Crippen LogP contribution in [0.15, 0.2) is 55.2 Å². The maximum Gasteiger partial charge on any atom is 0.412 e. The second-order valence-corrected chi connectivity index (χ2v) is 4.56. The van der Waals surface area contributed by atoms with Gasteiger partial charge < -0.3 is 4.74 Å². The quantitative estimate of drug-likeness (QED) is 0.891. The fraction of sp³-hybridized carbons (Fsp3) is 0.176. The molecule has 0 spiro atoms. The molecule has 0 unspecified atom stereocenters. The zero-order valence-corrected chi connectivity index (χ0v) is 12.0. The molecule has 0 radical (unpaired) electrons. The van der Waals surface area contributed by atoms with E-state index in [9.17, 15) is 4.79 Å². The van der Waals surface area contributed by atoms with Crippen LogP contribution in [0.4, 0.5) is 10.5 Å². The van der Waals surface area contributed by atoms with Gasteiger partial charge in [0.05, 0.1) is 5.69 Å². The van der Waals surface area contributed by atoms with Crippen molar-refractivity contribution in [1.29, 1.82) is 0 Å². The van der Waals surface area contributed by atoms with Gasteiger partial charge >= 0.3 is 6.09 Å². The second-order valence-electron chi connectivity index (χ2n) is 4.56. The number of rotatable bonds is 5. The summed E-state index contributed by atoms with van der Waals surface area (Å²) >= 11 is 0. The van der Waals surface area contributed by atoms with Crippen molar-refractivity contribution in [2.24, 2.45) is 0 Å². The Morgan fingerprint density at radius 2 is 2.00 bits per heavy atom. The van der Waals surface area contributed by atoms with E-state index in [0.29, 0.717) is 11.4 Å². The summed E-state index contributed by atoms with van der Waals surface area (Å²) in [5.41, 5.74) is 3.54. The molecule has 0 saturated carbocycles. The predicted octanol–water partition coefficient (Wildman–Crippen LogP) is 4.25. The highest BCUT2D eigenvalue weighted by atomic mass is 16.5. The van der Waals surface area contributed by atoms with Crippen molar-refractivity contribution in [3.05, 3.63) is 66.5 Å². The lowest BCUT2D eigenvalue weighted by atomic mass is 10.1. The van der Waals surface area contributed by atoms with Gasteiger partial charge in [0.25, 0.3) is 0 Å². The maximum atomic E-state index is 11.7. The van der Waals surface area contributed by atoms with Crippen molar-refractivity contribution in [3.8, 4) is 0 Å². The topological polar surface area (TPSA) is 51.2 Å². The van der Waals surface area contributed by atoms with E-state index in [1.54, 1.807) is 12.3 Å². The van der Waals surface area contributed by atoms with Gasteiger partial charge in [-0.3, -0.25) is 10.3 Å². The van der Waals surface area contributed by atoms with Crippen LogP contribution in [-0.4, -0.2) is 11.1 Å². The molecule has 1 aromatic carbocycles. The molecule has 108 valence electrons. The van der Waals surface area contributed by atoms with E-state index in [0.717, 1.165) is 17.6 Å². The molecule has 2 aromatic rings.